The van der Waals surface area contributed by atoms with Gasteiger partial charge in [0.1, 0.15) is 5.75 Å². The van der Waals surface area contributed by atoms with E-state index < -0.39 is 10.0 Å². The predicted molar refractivity (Wildman–Crippen MR) is 148 cm³/mol. The van der Waals surface area contributed by atoms with Gasteiger partial charge in [0.05, 0.1) is 12.9 Å². The lowest BCUT2D eigenvalue weighted by Crippen LogP contribution is -2.49. The molecule has 0 saturated carbocycles. The molecule has 9 heteroatoms. The SMILES string of the molecule is CN1CC2(CCCCc3ccccc3OCCCC1=O)CCN(C(=O)CC1CCN(S(C)(=O)=O)CC1)CC2. The van der Waals surface area contributed by atoms with Crippen molar-refractivity contribution in [3.63, 3.8) is 0 Å². The minimum absolute atomic E-state index is 0.0438. The maximum absolute atomic E-state index is 13.1. The number of piperidine rings is 2. The average molecular weight is 548 g/mol. The molecule has 0 radical (unpaired) electrons. The second-order valence-corrected chi connectivity index (χ2v) is 13.7. The summed E-state index contributed by atoms with van der Waals surface area (Å²) in [6.07, 6.45) is 10.5. The number of nitrogens with zero attached hydrogens (tertiary/aromatic N) is 3. The summed E-state index contributed by atoms with van der Waals surface area (Å²) in [7, 11) is -1.23. The van der Waals surface area contributed by atoms with Crippen molar-refractivity contribution >= 4 is 21.8 Å². The van der Waals surface area contributed by atoms with E-state index in [4.69, 9.17) is 4.74 Å². The number of likely N-dealkylation sites (tertiary alicyclic amines) is 1. The Kier molecular flexibility index (Phi) is 9.74. The molecule has 3 aliphatic rings. The molecule has 2 amide bonds. The normalized spacial score (nSPS) is 22.9. The molecule has 4 rings (SSSR count). The second kappa shape index (κ2) is 12.8. The predicted octanol–water partition coefficient (Wildman–Crippen LogP) is 3.70. The highest BCUT2D eigenvalue weighted by Crippen LogP contribution is 2.38. The minimum atomic E-state index is -3.15. The molecule has 0 unspecified atom stereocenters. The topological polar surface area (TPSA) is 87.2 Å². The molecular formula is C29H45N3O5S. The van der Waals surface area contributed by atoms with Crippen molar-refractivity contribution in [3.8, 4) is 5.75 Å². The van der Waals surface area contributed by atoms with E-state index in [-0.39, 0.29) is 23.1 Å². The Balaban J connectivity index is 1.33. The van der Waals surface area contributed by atoms with Crippen molar-refractivity contribution in [2.24, 2.45) is 11.3 Å². The number of carbonyl (C=O) groups is 2. The molecule has 1 aromatic carbocycles. The van der Waals surface area contributed by atoms with E-state index in [2.05, 4.69) is 12.1 Å². The lowest BCUT2D eigenvalue weighted by atomic mass is 9.73. The van der Waals surface area contributed by atoms with Crippen LogP contribution >= 0.6 is 0 Å². The Morgan fingerprint density at radius 1 is 1.00 bits per heavy atom. The molecule has 2 fully saturated rings. The fraction of sp³-hybridized carbons (Fsp3) is 0.724. The summed E-state index contributed by atoms with van der Waals surface area (Å²) >= 11 is 0. The zero-order valence-electron chi connectivity index (χ0n) is 23.2. The van der Waals surface area contributed by atoms with Gasteiger partial charge >= 0.3 is 0 Å². The summed E-state index contributed by atoms with van der Waals surface area (Å²) in [5.74, 6) is 1.55. The van der Waals surface area contributed by atoms with Gasteiger partial charge in [0.15, 0.2) is 0 Å². The van der Waals surface area contributed by atoms with Crippen molar-refractivity contribution in [1.82, 2.24) is 14.1 Å². The van der Waals surface area contributed by atoms with Crippen LogP contribution in [0.15, 0.2) is 24.3 Å². The molecule has 3 heterocycles. The summed E-state index contributed by atoms with van der Waals surface area (Å²) in [5.41, 5.74) is 1.28. The van der Waals surface area contributed by atoms with E-state index in [0.717, 1.165) is 76.8 Å². The quantitative estimate of drug-likeness (QED) is 0.576. The van der Waals surface area contributed by atoms with Gasteiger partial charge in [-0.1, -0.05) is 24.6 Å². The van der Waals surface area contributed by atoms with Gasteiger partial charge in [-0.05, 0) is 74.3 Å². The lowest BCUT2D eigenvalue weighted by molar-refractivity contribution is -0.137. The standard InChI is InChI=1S/C29H45N3O5S/c1-30-23-29(14-6-5-9-25-8-3-4-10-26(25)37-21-7-11-27(30)33)15-19-31(20-16-29)28(34)22-24-12-17-32(18-13-24)38(2,35)36/h3-4,8,10,24H,5-7,9,11-23H2,1-2H3. The van der Waals surface area contributed by atoms with E-state index >= 15 is 0 Å². The third kappa shape index (κ3) is 7.72. The number of aryl methyl sites for hydroxylation is 1. The van der Waals surface area contributed by atoms with E-state index in [9.17, 15) is 18.0 Å². The van der Waals surface area contributed by atoms with Crippen molar-refractivity contribution in [1.29, 1.82) is 0 Å². The Hall–Kier alpha value is -2.13. The van der Waals surface area contributed by atoms with E-state index in [1.807, 2.05) is 29.0 Å². The summed E-state index contributed by atoms with van der Waals surface area (Å²) in [6.45, 7) is 3.79. The maximum atomic E-state index is 13.1. The summed E-state index contributed by atoms with van der Waals surface area (Å²) < 4.78 is 31.1. The number of fused-ring (bicyclic) bond motifs is 1. The molecule has 3 aliphatic heterocycles. The monoisotopic (exact) mass is 547 g/mol. The van der Waals surface area contributed by atoms with Crippen LogP contribution in [-0.2, 0) is 26.0 Å². The number of sulfonamides is 1. The third-order valence-corrected chi connectivity index (χ3v) is 10.2. The Morgan fingerprint density at radius 2 is 1.71 bits per heavy atom. The molecule has 2 saturated heterocycles. The van der Waals surface area contributed by atoms with Crippen molar-refractivity contribution in [2.45, 2.75) is 70.6 Å². The molecule has 0 N–H and O–H groups in total. The van der Waals surface area contributed by atoms with Crippen LogP contribution in [-0.4, -0.2) is 87.0 Å². The van der Waals surface area contributed by atoms with Gasteiger partial charge in [0, 0.05) is 52.6 Å². The van der Waals surface area contributed by atoms with Crippen molar-refractivity contribution in [2.75, 3.05) is 52.6 Å². The van der Waals surface area contributed by atoms with Crippen LogP contribution in [0, 0.1) is 11.3 Å². The fourth-order valence-electron chi connectivity index (χ4n) is 6.39. The highest BCUT2D eigenvalue weighted by molar-refractivity contribution is 7.88. The van der Waals surface area contributed by atoms with Gasteiger partial charge in [-0.2, -0.15) is 0 Å². The number of hydrogen-bond acceptors (Lipinski definition) is 5. The Labute approximate surface area is 228 Å². The largest absolute Gasteiger partial charge is 0.493 e. The lowest BCUT2D eigenvalue weighted by Gasteiger charge is -2.44. The number of ether oxygens (including phenoxy) is 1. The number of benzene rings is 1. The zero-order chi connectivity index (χ0) is 27.2. The molecular weight excluding hydrogens is 502 g/mol. The van der Waals surface area contributed by atoms with Crippen LogP contribution in [0.4, 0.5) is 0 Å². The number of rotatable bonds is 3. The molecule has 0 bridgehead atoms. The number of amides is 2. The molecule has 38 heavy (non-hydrogen) atoms. The zero-order valence-corrected chi connectivity index (χ0v) is 24.0. The van der Waals surface area contributed by atoms with Crippen LogP contribution in [0.1, 0.15) is 69.8 Å². The molecule has 1 spiro atoms. The van der Waals surface area contributed by atoms with E-state index in [0.29, 0.717) is 39.0 Å². The average Bonchev–Trinajstić information content (AvgIpc) is 2.89. The first-order valence-corrected chi connectivity index (χ1v) is 16.2. The van der Waals surface area contributed by atoms with Crippen LogP contribution in [0.2, 0.25) is 0 Å². The van der Waals surface area contributed by atoms with Gasteiger partial charge in [0.25, 0.3) is 0 Å². The summed E-state index contributed by atoms with van der Waals surface area (Å²) in [4.78, 5) is 30.0. The molecule has 8 nitrogen and oxygen atoms in total. The van der Waals surface area contributed by atoms with Crippen LogP contribution in [0.3, 0.4) is 0 Å². The first-order chi connectivity index (χ1) is 18.2. The first-order valence-electron chi connectivity index (χ1n) is 14.3. The Morgan fingerprint density at radius 3 is 2.42 bits per heavy atom. The Bertz CT molecular complexity index is 1060. The highest BCUT2D eigenvalue weighted by atomic mass is 32.2. The third-order valence-electron chi connectivity index (χ3n) is 8.85. The van der Waals surface area contributed by atoms with Gasteiger partial charge in [0.2, 0.25) is 21.8 Å². The van der Waals surface area contributed by atoms with Crippen LogP contribution in [0.25, 0.3) is 0 Å². The summed E-state index contributed by atoms with van der Waals surface area (Å²) in [6, 6.07) is 8.24. The minimum Gasteiger partial charge on any atom is -0.493 e. The maximum Gasteiger partial charge on any atom is 0.222 e. The van der Waals surface area contributed by atoms with E-state index in [1.165, 1.54) is 16.1 Å². The highest BCUT2D eigenvalue weighted by Gasteiger charge is 2.38. The van der Waals surface area contributed by atoms with E-state index in [1.54, 1.807) is 0 Å². The van der Waals surface area contributed by atoms with Gasteiger partial charge < -0.3 is 14.5 Å². The molecule has 212 valence electrons. The molecule has 1 aromatic rings. The fourth-order valence-corrected chi connectivity index (χ4v) is 7.27. The molecule has 0 aliphatic carbocycles. The summed E-state index contributed by atoms with van der Waals surface area (Å²) in [5, 5.41) is 0. The molecule has 0 aromatic heterocycles. The van der Waals surface area contributed by atoms with Gasteiger partial charge in [-0.15, -0.1) is 0 Å². The van der Waals surface area contributed by atoms with Crippen molar-refractivity contribution in [3.05, 3.63) is 29.8 Å². The molecule has 0 atom stereocenters. The van der Waals surface area contributed by atoms with Gasteiger partial charge in [-0.3, -0.25) is 9.59 Å². The van der Waals surface area contributed by atoms with Crippen LogP contribution in [0.5, 0.6) is 5.75 Å². The van der Waals surface area contributed by atoms with Gasteiger partial charge in [-0.25, -0.2) is 12.7 Å². The number of hydrogen-bond donors (Lipinski definition) is 0. The van der Waals surface area contributed by atoms with Crippen molar-refractivity contribution < 1.29 is 22.7 Å². The first kappa shape index (κ1) is 28.9. The number of para-hydroxylation sites is 1. The smallest absolute Gasteiger partial charge is 0.222 e. The van der Waals surface area contributed by atoms with Crippen LogP contribution < -0.4 is 4.74 Å². The second-order valence-electron chi connectivity index (χ2n) is 11.7. The number of carbonyl (C=O) groups excluding carboxylic acids is 2.